The number of carboxylic acids is 1. The lowest BCUT2D eigenvalue weighted by atomic mass is 10.2. The lowest BCUT2D eigenvalue weighted by Gasteiger charge is -2.18. The van der Waals surface area contributed by atoms with E-state index in [2.05, 4.69) is 0 Å². The number of alkyl halides is 3. The van der Waals surface area contributed by atoms with Crippen molar-refractivity contribution in [2.75, 3.05) is 0 Å². The van der Waals surface area contributed by atoms with Crippen molar-refractivity contribution in [3.05, 3.63) is 55.1 Å². The predicted octanol–water partition coefficient (Wildman–Crippen LogP) is 4.00. The molecule has 1 aromatic carbocycles. The second-order valence-corrected chi connectivity index (χ2v) is 8.07. The first-order chi connectivity index (χ1) is 13.8. The number of thioether (sulfide) groups is 1. The van der Waals surface area contributed by atoms with Crippen LogP contribution >= 0.6 is 23.4 Å². The van der Waals surface area contributed by atoms with E-state index >= 15 is 0 Å². The largest absolute Gasteiger partial charge is 0.480 e. The number of halogens is 5. The molecule has 2 rings (SSSR count). The highest BCUT2D eigenvalue weighted by atomic mass is 35.5. The van der Waals surface area contributed by atoms with Gasteiger partial charge in [0.1, 0.15) is 16.8 Å². The maximum absolute atomic E-state index is 14.6. The van der Waals surface area contributed by atoms with Gasteiger partial charge in [0.25, 0.3) is 5.56 Å². The maximum atomic E-state index is 14.6. The summed E-state index contributed by atoms with van der Waals surface area (Å²) in [6.45, 7) is 2.65. The molecule has 12 heteroatoms. The zero-order chi connectivity index (χ0) is 23.0. The molecule has 30 heavy (non-hydrogen) atoms. The summed E-state index contributed by atoms with van der Waals surface area (Å²) < 4.78 is 54.8. The Morgan fingerprint density at radius 3 is 2.40 bits per heavy atom. The number of aliphatic carboxylic acids is 1. The third kappa shape index (κ3) is 4.56. The van der Waals surface area contributed by atoms with Gasteiger partial charge in [-0.05, 0) is 25.5 Å². The zero-order valence-corrected chi connectivity index (χ0v) is 17.6. The number of carbonyl (C=O) groups is 1. The van der Waals surface area contributed by atoms with Crippen molar-refractivity contribution in [3.8, 4) is 5.69 Å². The van der Waals surface area contributed by atoms with Gasteiger partial charge in [0.15, 0.2) is 0 Å². The molecule has 0 radical (unpaired) electrons. The molecule has 1 unspecified atom stereocenters. The Labute approximate surface area is 177 Å². The van der Waals surface area contributed by atoms with E-state index in [0.29, 0.717) is 6.42 Å². The molecule has 0 saturated carbocycles. The van der Waals surface area contributed by atoms with Crippen LogP contribution in [0.2, 0.25) is 5.02 Å². The van der Waals surface area contributed by atoms with Crippen molar-refractivity contribution >= 4 is 29.3 Å². The molecule has 0 aliphatic heterocycles. The standard InChI is InChI=1S/C18H17ClF4N2O4S/c1-4-5-12(16(27)28)30-13-7-11(10(20)6-9(13)19)25-15(26)8(2)14(18(21,22)23)24(3)17(25)29/h6-7,12H,4-5H2,1-3H3,(H,27,28). The van der Waals surface area contributed by atoms with Crippen molar-refractivity contribution in [1.29, 1.82) is 0 Å². The van der Waals surface area contributed by atoms with Crippen LogP contribution in [0.15, 0.2) is 26.6 Å². The van der Waals surface area contributed by atoms with Gasteiger partial charge in [-0.2, -0.15) is 13.2 Å². The van der Waals surface area contributed by atoms with Crippen molar-refractivity contribution in [1.82, 2.24) is 9.13 Å². The molecular weight excluding hydrogens is 452 g/mol. The Bertz CT molecular complexity index is 1070. The lowest BCUT2D eigenvalue weighted by Crippen LogP contribution is -2.43. The minimum absolute atomic E-state index is 0.0698. The third-order valence-electron chi connectivity index (χ3n) is 4.30. The molecule has 0 aliphatic carbocycles. The molecule has 164 valence electrons. The van der Waals surface area contributed by atoms with Gasteiger partial charge in [-0.3, -0.25) is 14.2 Å². The van der Waals surface area contributed by atoms with Crippen molar-refractivity contribution in [2.45, 2.75) is 43.0 Å². The molecular formula is C18H17ClF4N2O4S. The Morgan fingerprint density at radius 2 is 1.90 bits per heavy atom. The van der Waals surface area contributed by atoms with E-state index in [1.807, 2.05) is 0 Å². The van der Waals surface area contributed by atoms with Gasteiger partial charge >= 0.3 is 17.8 Å². The van der Waals surface area contributed by atoms with Gasteiger partial charge in [0.05, 0.1) is 10.7 Å². The van der Waals surface area contributed by atoms with Gasteiger partial charge in [-0.25, -0.2) is 13.8 Å². The summed E-state index contributed by atoms with van der Waals surface area (Å²) in [5.41, 5.74) is -5.59. The second-order valence-electron chi connectivity index (χ2n) is 6.42. The average Bonchev–Trinajstić information content (AvgIpc) is 2.62. The normalized spacial score (nSPS) is 12.8. The fourth-order valence-corrected chi connectivity index (χ4v) is 4.29. The fraction of sp³-hybridized carbons (Fsp3) is 0.389. The smallest absolute Gasteiger partial charge is 0.432 e. The van der Waals surface area contributed by atoms with E-state index in [1.165, 1.54) is 0 Å². The van der Waals surface area contributed by atoms with Gasteiger partial charge in [-0.15, -0.1) is 11.8 Å². The van der Waals surface area contributed by atoms with Gasteiger partial charge < -0.3 is 5.11 Å². The van der Waals surface area contributed by atoms with Crippen LogP contribution in [0.3, 0.4) is 0 Å². The Balaban J connectivity index is 2.76. The van der Waals surface area contributed by atoms with E-state index < -0.39 is 51.4 Å². The van der Waals surface area contributed by atoms with Crippen molar-refractivity contribution in [2.24, 2.45) is 7.05 Å². The van der Waals surface area contributed by atoms with Crippen LogP contribution in [-0.4, -0.2) is 25.5 Å². The summed E-state index contributed by atoms with van der Waals surface area (Å²) in [5, 5.41) is 8.23. The molecule has 0 aliphatic rings. The van der Waals surface area contributed by atoms with Crippen molar-refractivity contribution < 1.29 is 27.5 Å². The number of benzene rings is 1. The Morgan fingerprint density at radius 1 is 1.30 bits per heavy atom. The molecule has 6 nitrogen and oxygen atoms in total. The lowest BCUT2D eigenvalue weighted by molar-refractivity contribution is -0.144. The number of rotatable bonds is 6. The van der Waals surface area contributed by atoms with Crippen LogP contribution < -0.4 is 11.2 Å². The summed E-state index contributed by atoms with van der Waals surface area (Å²) in [5.74, 6) is -2.26. The van der Waals surface area contributed by atoms with E-state index in [1.54, 1.807) is 6.92 Å². The second kappa shape index (κ2) is 8.84. The average molecular weight is 469 g/mol. The third-order valence-corrected chi connectivity index (χ3v) is 6.04. The van der Waals surface area contributed by atoms with E-state index in [9.17, 15) is 37.1 Å². The van der Waals surface area contributed by atoms with Crippen molar-refractivity contribution in [3.63, 3.8) is 0 Å². The quantitative estimate of drug-likeness (QED) is 0.512. The molecule has 0 saturated heterocycles. The van der Waals surface area contributed by atoms with E-state index in [0.717, 1.165) is 37.9 Å². The first kappa shape index (κ1) is 24.0. The highest BCUT2D eigenvalue weighted by Crippen LogP contribution is 2.35. The van der Waals surface area contributed by atoms with E-state index in [4.69, 9.17) is 11.6 Å². The highest BCUT2D eigenvalue weighted by Gasteiger charge is 2.38. The summed E-state index contributed by atoms with van der Waals surface area (Å²) in [4.78, 5) is 36.5. The first-order valence-electron chi connectivity index (χ1n) is 8.59. The SMILES string of the molecule is CCCC(Sc1cc(-n2c(=O)c(C)c(C(F)(F)F)n(C)c2=O)c(F)cc1Cl)C(=O)O. The minimum atomic E-state index is -4.97. The first-order valence-corrected chi connectivity index (χ1v) is 9.85. The summed E-state index contributed by atoms with van der Waals surface area (Å²) in [6.07, 6.45) is -4.16. The molecule has 1 aromatic heterocycles. The van der Waals surface area contributed by atoms with Crippen LogP contribution in [0.1, 0.15) is 31.0 Å². The molecule has 1 heterocycles. The van der Waals surface area contributed by atoms with Crippen LogP contribution in [0.4, 0.5) is 17.6 Å². The van der Waals surface area contributed by atoms with Gasteiger partial charge in [0, 0.05) is 17.5 Å². The number of hydrogen-bond donors (Lipinski definition) is 1. The molecule has 0 fully saturated rings. The number of hydrogen-bond acceptors (Lipinski definition) is 4. The number of nitrogens with zero attached hydrogens (tertiary/aromatic N) is 2. The summed E-state index contributed by atoms with van der Waals surface area (Å²) >= 11 is 6.78. The van der Waals surface area contributed by atoms with Crippen LogP contribution in [0, 0.1) is 12.7 Å². The van der Waals surface area contributed by atoms with Crippen LogP contribution in [0.25, 0.3) is 5.69 Å². The molecule has 0 spiro atoms. The van der Waals surface area contributed by atoms with Gasteiger partial charge in [-0.1, -0.05) is 24.9 Å². The zero-order valence-electron chi connectivity index (χ0n) is 16.0. The Kier molecular flexibility index (Phi) is 7.08. The molecule has 0 amide bonds. The molecule has 0 bridgehead atoms. The van der Waals surface area contributed by atoms with Gasteiger partial charge in [0.2, 0.25) is 0 Å². The number of carboxylic acid groups (broad SMARTS) is 1. The monoisotopic (exact) mass is 468 g/mol. The molecule has 1 N–H and O–H groups in total. The summed E-state index contributed by atoms with van der Waals surface area (Å²) in [6, 6.07) is 1.77. The topological polar surface area (TPSA) is 81.3 Å². The molecule has 1 atom stereocenters. The molecule has 2 aromatic rings. The maximum Gasteiger partial charge on any atom is 0.432 e. The summed E-state index contributed by atoms with van der Waals surface area (Å²) in [7, 11) is 0.819. The predicted molar refractivity (Wildman–Crippen MR) is 104 cm³/mol. The van der Waals surface area contributed by atoms with E-state index in [-0.39, 0.29) is 25.5 Å². The number of aromatic nitrogens is 2. The van der Waals surface area contributed by atoms with Crippen LogP contribution in [-0.2, 0) is 18.0 Å². The Hall–Kier alpha value is -2.27. The van der Waals surface area contributed by atoms with Crippen LogP contribution in [0.5, 0.6) is 0 Å². The highest BCUT2D eigenvalue weighted by molar-refractivity contribution is 8.00. The fourth-order valence-electron chi connectivity index (χ4n) is 2.90. The minimum Gasteiger partial charge on any atom is -0.480 e.